The summed E-state index contributed by atoms with van der Waals surface area (Å²) >= 11 is 3.17. The average Bonchev–Trinajstić information content (AvgIpc) is 2.41. The van der Waals surface area contributed by atoms with E-state index in [1.54, 1.807) is 12.1 Å². The molecule has 104 valence electrons. The van der Waals surface area contributed by atoms with E-state index in [1.165, 1.54) is 0 Å². The normalized spacial score (nSPS) is 20.4. The van der Waals surface area contributed by atoms with E-state index in [0.717, 1.165) is 12.1 Å². The van der Waals surface area contributed by atoms with Gasteiger partial charge in [-0.25, -0.2) is 0 Å². The van der Waals surface area contributed by atoms with E-state index >= 15 is 0 Å². The second-order valence-electron chi connectivity index (χ2n) is 4.42. The summed E-state index contributed by atoms with van der Waals surface area (Å²) in [5, 5.41) is 20.2. The molecule has 1 N–H and O–H groups in total. The molecule has 0 aromatic heterocycles. The van der Waals surface area contributed by atoms with Gasteiger partial charge in [0.2, 0.25) is 0 Å². The summed E-state index contributed by atoms with van der Waals surface area (Å²) in [5.74, 6) is 0. The number of nitro benzene ring substituents is 1. The Kier molecular flexibility index (Phi) is 4.87. The highest BCUT2D eigenvalue weighted by molar-refractivity contribution is 9.10. The Bertz CT molecular complexity index is 469. The van der Waals surface area contributed by atoms with E-state index in [0.29, 0.717) is 24.2 Å². The molecule has 6 nitrogen and oxygen atoms in total. The lowest BCUT2D eigenvalue weighted by molar-refractivity contribution is -0.385. The molecule has 0 radical (unpaired) electrons. The van der Waals surface area contributed by atoms with Crippen LogP contribution in [0.15, 0.2) is 22.7 Å². The van der Waals surface area contributed by atoms with Crippen LogP contribution < -0.4 is 0 Å². The van der Waals surface area contributed by atoms with Crippen LogP contribution in [-0.2, 0) is 11.3 Å². The van der Waals surface area contributed by atoms with Gasteiger partial charge in [0.1, 0.15) is 0 Å². The van der Waals surface area contributed by atoms with Gasteiger partial charge >= 0.3 is 0 Å². The van der Waals surface area contributed by atoms with Crippen molar-refractivity contribution in [2.45, 2.75) is 12.6 Å². The van der Waals surface area contributed by atoms with Crippen molar-refractivity contribution in [1.29, 1.82) is 0 Å². The summed E-state index contributed by atoms with van der Waals surface area (Å²) in [6.07, 6.45) is 0. The Morgan fingerprint density at radius 1 is 1.58 bits per heavy atom. The Morgan fingerprint density at radius 3 is 3.05 bits per heavy atom. The molecule has 1 aromatic carbocycles. The number of ether oxygens (including phenoxy) is 1. The first-order valence-corrected chi connectivity index (χ1v) is 6.76. The molecule has 19 heavy (non-hydrogen) atoms. The summed E-state index contributed by atoms with van der Waals surface area (Å²) < 4.78 is 5.78. The van der Waals surface area contributed by atoms with E-state index in [1.807, 2.05) is 6.07 Å². The van der Waals surface area contributed by atoms with Gasteiger partial charge in [-0.3, -0.25) is 15.0 Å². The molecule has 1 fully saturated rings. The third-order valence-corrected chi connectivity index (χ3v) is 3.82. The van der Waals surface area contributed by atoms with E-state index in [-0.39, 0.29) is 18.3 Å². The highest BCUT2D eigenvalue weighted by Gasteiger charge is 2.23. The molecule has 0 spiro atoms. The van der Waals surface area contributed by atoms with Crippen molar-refractivity contribution in [3.63, 3.8) is 0 Å². The van der Waals surface area contributed by atoms with Crippen LogP contribution in [-0.4, -0.2) is 47.3 Å². The number of nitro groups is 1. The number of hydrogen-bond donors (Lipinski definition) is 1. The topological polar surface area (TPSA) is 75.8 Å². The second-order valence-corrected chi connectivity index (χ2v) is 5.28. The van der Waals surface area contributed by atoms with Crippen molar-refractivity contribution >= 4 is 21.6 Å². The standard InChI is InChI=1S/C12H15BrN2O4/c13-11-2-1-9(5-12(11)15(17)18)6-14-3-4-19-8-10(14)7-16/h1-2,5,10,16H,3-4,6-8H2. The molecule has 1 aliphatic rings. The molecule has 0 saturated carbocycles. The van der Waals surface area contributed by atoms with Crippen LogP contribution in [0.2, 0.25) is 0 Å². The molecule has 1 atom stereocenters. The molecule has 0 bridgehead atoms. The maximum atomic E-state index is 10.9. The smallest absolute Gasteiger partial charge is 0.283 e. The number of aliphatic hydroxyl groups is 1. The minimum atomic E-state index is -0.406. The zero-order chi connectivity index (χ0) is 13.8. The van der Waals surface area contributed by atoms with Crippen LogP contribution in [0.25, 0.3) is 0 Å². The van der Waals surface area contributed by atoms with E-state index in [2.05, 4.69) is 20.8 Å². The second kappa shape index (κ2) is 6.42. The van der Waals surface area contributed by atoms with Crippen molar-refractivity contribution < 1.29 is 14.8 Å². The van der Waals surface area contributed by atoms with Gasteiger partial charge in [-0.1, -0.05) is 6.07 Å². The molecule has 2 rings (SSSR count). The van der Waals surface area contributed by atoms with Gasteiger partial charge in [-0.05, 0) is 27.6 Å². The van der Waals surface area contributed by atoms with Gasteiger partial charge in [0, 0.05) is 19.2 Å². The van der Waals surface area contributed by atoms with Crippen molar-refractivity contribution in [3.8, 4) is 0 Å². The predicted octanol–water partition coefficient (Wildman–Crippen LogP) is 1.55. The molecule has 1 saturated heterocycles. The Morgan fingerprint density at radius 2 is 2.37 bits per heavy atom. The SMILES string of the molecule is O=[N+]([O-])c1cc(CN2CCOCC2CO)ccc1Br. The van der Waals surface area contributed by atoms with Crippen LogP contribution in [0.4, 0.5) is 5.69 Å². The fraction of sp³-hybridized carbons (Fsp3) is 0.500. The molecular formula is C12H15BrN2O4. The quantitative estimate of drug-likeness (QED) is 0.669. The number of morpholine rings is 1. The van der Waals surface area contributed by atoms with E-state index in [4.69, 9.17) is 4.74 Å². The predicted molar refractivity (Wildman–Crippen MR) is 72.9 cm³/mol. The van der Waals surface area contributed by atoms with Gasteiger partial charge < -0.3 is 9.84 Å². The number of benzene rings is 1. The highest BCUT2D eigenvalue weighted by Crippen LogP contribution is 2.26. The van der Waals surface area contributed by atoms with Crippen molar-refractivity contribution in [2.24, 2.45) is 0 Å². The molecule has 7 heteroatoms. The lowest BCUT2D eigenvalue weighted by Crippen LogP contribution is -2.46. The van der Waals surface area contributed by atoms with Gasteiger partial charge in [-0.15, -0.1) is 0 Å². The first kappa shape index (κ1) is 14.4. The van der Waals surface area contributed by atoms with Gasteiger partial charge in [0.25, 0.3) is 5.69 Å². The molecule has 1 aromatic rings. The fourth-order valence-corrected chi connectivity index (χ4v) is 2.49. The van der Waals surface area contributed by atoms with Crippen LogP contribution in [0.1, 0.15) is 5.56 Å². The van der Waals surface area contributed by atoms with Crippen LogP contribution in [0.5, 0.6) is 0 Å². The van der Waals surface area contributed by atoms with E-state index in [9.17, 15) is 15.2 Å². The molecule has 0 aliphatic carbocycles. The molecular weight excluding hydrogens is 316 g/mol. The Balaban J connectivity index is 2.14. The summed E-state index contributed by atoms with van der Waals surface area (Å²) in [7, 11) is 0. The zero-order valence-corrected chi connectivity index (χ0v) is 11.9. The monoisotopic (exact) mass is 330 g/mol. The summed E-state index contributed by atoms with van der Waals surface area (Å²) in [5.41, 5.74) is 0.918. The van der Waals surface area contributed by atoms with Crippen molar-refractivity contribution in [1.82, 2.24) is 4.90 Å². The molecule has 1 aliphatic heterocycles. The van der Waals surface area contributed by atoms with Crippen LogP contribution in [0.3, 0.4) is 0 Å². The first-order valence-electron chi connectivity index (χ1n) is 5.97. The number of halogens is 1. The largest absolute Gasteiger partial charge is 0.395 e. The summed E-state index contributed by atoms with van der Waals surface area (Å²) in [6.45, 7) is 2.43. The number of nitrogens with zero attached hydrogens (tertiary/aromatic N) is 2. The number of aliphatic hydroxyl groups excluding tert-OH is 1. The van der Waals surface area contributed by atoms with Crippen molar-refractivity contribution in [2.75, 3.05) is 26.4 Å². The maximum Gasteiger partial charge on any atom is 0.283 e. The number of hydrogen-bond acceptors (Lipinski definition) is 5. The zero-order valence-electron chi connectivity index (χ0n) is 10.3. The summed E-state index contributed by atoms with van der Waals surface area (Å²) in [6, 6.07) is 5.05. The van der Waals surface area contributed by atoms with E-state index < -0.39 is 4.92 Å². The van der Waals surface area contributed by atoms with Gasteiger partial charge in [0.05, 0.1) is 35.3 Å². The fourth-order valence-electron chi connectivity index (χ4n) is 2.10. The number of rotatable bonds is 4. The molecule has 1 unspecified atom stereocenters. The highest BCUT2D eigenvalue weighted by atomic mass is 79.9. The lowest BCUT2D eigenvalue weighted by Gasteiger charge is -2.34. The van der Waals surface area contributed by atoms with Gasteiger partial charge in [-0.2, -0.15) is 0 Å². The van der Waals surface area contributed by atoms with Crippen LogP contribution in [0, 0.1) is 10.1 Å². The third-order valence-electron chi connectivity index (χ3n) is 3.15. The average molecular weight is 331 g/mol. The molecule has 0 amide bonds. The van der Waals surface area contributed by atoms with Gasteiger partial charge in [0.15, 0.2) is 0 Å². The van der Waals surface area contributed by atoms with Crippen LogP contribution >= 0.6 is 15.9 Å². The summed E-state index contributed by atoms with van der Waals surface area (Å²) in [4.78, 5) is 12.6. The lowest BCUT2D eigenvalue weighted by atomic mass is 10.1. The Hall–Kier alpha value is -1.02. The van der Waals surface area contributed by atoms with Crippen molar-refractivity contribution in [3.05, 3.63) is 38.3 Å². The third kappa shape index (κ3) is 3.50. The maximum absolute atomic E-state index is 10.9. The Labute approximate surface area is 119 Å². The minimum Gasteiger partial charge on any atom is -0.395 e. The minimum absolute atomic E-state index is 0.0264. The first-order chi connectivity index (χ1) is 9.11. The molecule has 1 heterocycles.